The molecule has 0 spiro atoms. The van der Waals surface area contributed by atoms with Gasteiger partial charge in [0.15, 0.2) is 0 Å². The van der Waals surface area contributed by atoms with Crippen LogP contribution in [0.25, 0.3) is 0 Å². The Hall–Kier alpha value is -0.850. The largest absolute Gasteiger partial charge is 0.389 e. The van der Waals surface area contributed by atoms with Crippen molar-refractivity contribution in [2.45, 2.75) is 13.0 Å². The van der Waals surface area contributed by atoms with Crippen molar-refractivity contribution in [2.24, 2.45) is 5.73 Å². The van der Waals surface area contributed by atoms with Gasteiger partial charge in [-0.15, -0.1) is 0 Å². The van der Waals surface area contributed by atoms with E-state index in [0.717, 1.165) is 0 Å². The average molecular weight is 307 g/mol. The second kappa shape index (κ2) is 5.86. The van der Waals surface area contributed by atoms with Crippen molar-refractivity contribution in [2.75, 3.05) is 17.3 Å². The molecule has 3 N–H and O–H groups in total. The van der Waals surface area contributed by atoms with Gasteiger partial charge in [0.2, 0.25) is 0 Å². The average Bonchev–Trinajstić information content (AvgIpc) is 2.13. The van der Waals surface area contributed by atoms with Crippen molar-refractivity contribution in [3.63, 3.8) is 0 Å². The first kappa shape index (κ1) is 15.2. The number of benzene rings is 1. The van der Waals surface area contributed by atoms with Gasteiger partial charge in [0.25, 0.3) is 0 Å². The smallest absolute Gasteiger partial charge is 0.149 e. The van der Waals surface area contributed by atoms with E-state index in [9.17, 15) is 8.42 Å². The van der Waals surface area contributed by atoms with Crippen LogP contribution in [0.1, 0.15) is 12.5 Å². The Kier molecular flexibility index (Phi) is 4.95. The topological polar surface area (TPSA) is 72.2 Å². The molecule has 100 valence electrons. The number of halogens is 1. The van der Waals surface area contributed by atoms with Crippen LogP contribution in [0, 0.1) is 0 Å². The first-order valence-corrected chi connectivity index (χ1v) is 8.08. The van der Waals surface area contributed by atoms with Crippen molar-refractivity contribution >= 4 is 44.3 Å². The summed E-state index contributed by atoms with van der Waals surface area (Å²) >= 11 is 10.9. The molecule has 1 atom stereocenters. The molecular weight excluding hydrogens is 292 g/mol. The molecule has 0 saturated carbocycles. The molecule has 0 aliphatic heterocycles. The molecule has 1 rings (SSSR count). The first-order chi connectivity index (χ1) is 8.20. The molecule has 0 heterocycles. The summed E-state index contributed by atoms with van der Waals surface area (Å²) < 4.78 is 22.4. The van der Waals surface area contributed by atoms with Crippen LogP contribution in [0.2, 0.25) is 5.02 Å². The molecule has 0 bridgehead atoms. The summed E-state index contributed by atoms with van der Waals surface area (Å²) in [5, 5.41) is 3.50. The Morgan fingerprint density at radius 3 is 2.67 bits per heavy atom. The fourth-order valence-electron chi connectivity index (χ4n) is 1.66. The van der Waals surface area contributed by atoms with Gasteiger partial charge in [0.05, 0.1) is 16.3 Å². The quantitative estimate of drug-likeness (QED) is 0.812. The molecule has 18 heavy (non-hydrogen) atoms. The van der Waals surface area contributed by atoms with Crippen molar-refractivity contribution in [3.8, 4) is 0 Å². The molecule has 0 aromatic heterocycles. The van der Waals surface area contributed by atoms with Gasteiger partial charge in [-0.3, -0.25) is 0 Å². The molecule has 1 aromatic rings. The molecule has 4 nitrogen and oxygen atoms in total. The molecule has 1 unspecified atom stereocenters. The number of nitrogens with two attached hydrogens (primary N) is 1. The summed E-state index contributed by atoms with van der Waals surface area (Å²) in [5.74, 6) is 0.0241. The third kappa shape index (κ3) is 4.44. The van der Waals surface area contributed by atoms with Gasteiger partial charge in [-0.2, -0.15) is 0 Å². The minimum Gasteiger partial charge on any atom is -0.389 e. The maximum absolute atomic E-state index is 11.2. The van der Waals surface area contributed by atoms with E-state index in [1.165, 1.54) is 6.26 Å². The number of nitrogens with one attached hydrogen (secondary N) is 1. The minimum absolute atomic E-state index is 0.0241. The zero-order valence-corrected chi connectivity index (χ0v) is 12.5. The Morgan fingerprint density at radius 2 is 2.17 bits per heavy atom. The third-order valence-electron chi connectivity index (χ3n) is 2.21. The lowest BCUT2D eigenvalue weighted by Crippen LogP contribution is -2.26. The maximum atomic E-state index is 11.2. The van der Waals surface area contributed by atoms with Crippen molar-refractivity contribution in [1.29, 1.82) is 0 Å². The van der Waals surface area contributed by atoms with E-state index in [4.69, 9.17) is 29.6 Å². The van der Waals surface area contributed by atoms with Crippen LogP contribution < -0.4 is 11.1 Å². The van der Waals surface area contributed by atoms with Gasteiger partial charge >= 0.3 is 0 Å². The van der Waals surface area contributed by atoms with Crippen molar-refractivity contribution in [1.82, 2.24) is 0 Å². The van der Waals surface area contributed by atoms with E-state index in [0.29, 0.717) is 16.3 Å². The van der Waals surface area contributed by atoms with E-state index in [1.807, 2.05) is 0 Å². The summed E-state index contributed by atoms with van der Waals surface area (Å²) in [4.78, 5) is 0.176. The molecular formula is C11H15ClN2O2S2. The molecule has 7 heteroatoms. The highest BCUT2D eigenvalue weighted by Gasteiger charge is 2.14. The second-order valence-electron chi connectivity index (χ2n) is 4.16. The molecule has 0 aliphatic carbocycles. The van der Waals surface area contributed by atoms with E-state index in [2.05, 4.69) is 5.32 Å². The number of thiocarbonyl (C=S) groups is 1. The maximum Gasteiger partial charge on any atom is 0.149 e. The van der Waals surface area contributed by atoms with E-state index in [1.54, 1.807) is 25.1 Å². The molecule has 0 aliphatic rings. The SMILES string of the molecule is CC(CS(C)(=O)=O)Nc1cccc(Cl)c1C(N)=S. The normalized spacial score (nSPS) is 13.1. The van der Waals surface area contributed by atoms with Gasteiger partial charge in [0, 0.05) is 18.0 Å². The van der Waals surface area contributed by atoms with Gasteiger partial charge in [0.1, 0.15) is 14.8 Å². The fourth-order valence-corrected chi connectivity index (χ4v) is 3.20. The zero-order chi connectivity index (χ0) is 13.9. The highest BCUT2D eigenvalue weighted by Crippen LogP contribution is 2.24. The molecule has 0 fully saturated rings. The Balaban J connectivity index is 2.98. The van der Waals surface area contributed by atoms with Crippen molar-refractivity contribution in [3.05, 3.63) is 28.8 Å². The predicted molar refractivity (Wildman–Crippen MR) is 80.1 cm³/mol. The monoisotopic (exact) mass is 306 g/mol. The third-order valence-corrected chi connectivity index (χ3v) is 3.84. The highest BCUT2D eigenvalue weighted by molar-refractivity contribution is 7.90. The van der Waals surface area contributed by atoms with Gasteiger partial charge in [-0.1, -0.05) is 29.9 Å². The second-order valence-corrected chi connectivity index (χ2v) is 7.20. The number of sulfone groups is 1. The van der Waals surface area contributed by atoms with Crippen LogP contribution >= 0.6 is 23.8 Å². The Labute approximate surface area is 117 Å². The molecule has 0 radical (unpaired) electrons. The Bertz CT molecular complexity index is 558. The summed E-state index contributed by atoms with van der Waals surface area (Å²) in [6.07, 6.45) is 1.19. The van der Waals surface area contributed by atoms with Crippen LogP contribution in [-0.2, 0) is 9.84 Å². The zero-order valence-electron chi connectivity index (χ0n) is 10.1. The van der Waals surface area contributed by atoms with E-state index in [-0.39, 0.29) is 16.8 Å². The van der Waals surface area contributed by atoms with Gasteiger partial charge in [-0.05, 0) is 19.1 Å². The van der Waals surface area contributed by atoms with Crippen molar-refractivity contribution < 1.29 is 8.42 Å². The lowest BCUT2D eigenvalue weighted by Gasteiger charge is -2.17. The van der Waals surface area contributed by atoms with E-state index < -0.39 is 9.84 Å². The summed E-state index contributed by atoms with van der Waals surface area (Å²) in [7, 11) is -3.05. The lowest BCUT2D eigenvalue weighted by molar-refractivity contribution is 0.598. The first-order valence-electron chi connectivity index (χ1n) is 5.23. The molecule has 0 amide bonds. The standard InChI is InChI=1S/C11H15ClN2O2S2/c1-7(6-18(2,15)16)14-9-5-3-4-8(12)10(9)11(13)17/h3-5,7,14H,6H2,1-2H3,(H2,13,17). The summed E-state index contributed by atoms with van der Waals surface area (Å²) in [5.41, 5.74) is 6.79. The fraction of sp³-hybridized carbons (Fsp3) is 0.364. The summed E-state index contributed by atoms with van der Waals surface area (Å²) in [6.45, 7) is 1.77. The molecule has 0 saturated heterocycles. The van der Waals surface area contributed by atoms with Crippen LogP contribution in [0.4, 0.5) is 5.69 Å². The van der Waals surface area contributed by atoms with E-state index >= 15 is 0 Å². The van der Waals surface area contributed by atoms with Crippen LogP contribution in [0.5, 0.6) is 0 Å². The van der Waals surface area contributed by atoms with Gasteiger partial charge in [-0.25, -0.2) is 8.42 Å². The number of hydrogen-bond donors (Lipinski definition) is 2. The van der Waals surface area contributed by atoms with Crippen LogP contribution in [0.3, 0.4) is 0 Å². The number of hydrogen-bond acceptors (Lipinski definition) is 4. The number of anilines is 1. The van der Waals surface area contributed by atoms with Crippen LogP contribution in [-0.4, -0.2) is 31.5 Å². The van der Waals surface area contributed by atoms with Crippen LogP contribution in [0.15, 0.2) is 18.2 Å². The molecule has 1 aromatic carbocycles. The number of rotatable bonds is 5. The highest BCUT2D eigenvalue weighted by atomic mass is 35.5. The predicted octanol–water partition coefficient (Wildman–Crippen LogP) is 1.82. The van der Waals surface area contributed by atoms with Gasteiger partial charge < -0.3 is 11.1 Å². The lowest BCUT2D eigenvalue weighted by atomic mass is 10.1. The Morgan fingerprint density at radius 1 is 1.56 bits per heavy atom. The minimum atomic E-state index is -3.05. The summed E-state index contributed by atoms with van der Waals surface area (Å²) in [6, 6.07) is 4.94.